The number of carbonyl (C=O) groups is 2. The summed E-state index contributed by atoms with van der Waals surface area (Å²) in [6.45, 7) is 4.32. The summed E-state index contributed by atoms with van der Waals surface area (Å²) in [5.74, 6) is 1.07. The van der Waals surface area contributed by atoms with Crippen LogP contribution >= 0.6 is 0 Å². The van der Waals surface area contributed by atoms with Crippen LogP contribution in [0.2, 0.25) is 0 Å². The Morgan fingerprint density at radius 1 is 1.20 bits per heavy atom. The molecule has 3 rings (SSSR count). The summed E-state index contributed by atoms with van der Waals surface area (Å²) in [6.07, 6.45) is 2.11. The molecule has 7 nitrogen and oxygen atoms in total. The highest BCUT2D eigenvalue weighted by Gasteiger charge is 2.26. The smallest absolute Gasteiger partial charge is 0.317 e. The van der Waals surface area contributed by atoms with E-state index in [1.54, 1.807) is 4.90 Å². The summed E-state index contributed by atoms with van der Waals surface area (Å²) in [6, 6.07) is 5.47. The minimum absolute atomic E-state index is 0.122. The second-order valence-corrected chi connectivity index (χ2v) is 6.59. The first-order valence-corrected chi connectivity index (χ1v) is 8.79. The van der Waals surface area contributed by atoms with E-state index in [9.17, 15) is 9.59 Å². The molecule has 1 saturated heterocycles. The van der Waals surface area contributed by atoms with Gasteiger partial charge in [0.1, 0.15) is 0 Å². The SMILES string of the molecule is C[C@H](NC(=O)N1CCC(C(N)=O)CC1)c1ccc2c(c1)OCCCO2. The van der Waals surface area contributed by atoms with Crippen molar-refractivity contribution in [2.45, 2.75) is 32.2 Å². The van der Waals surface area contributed by atoms with Crippen molar-refractivity contribution in [1.82, 2.24) is 10.2 Å². The Balaban J connectivity index is 1.58. The molecule has 0 saturated carbocycles. The Morgan fingerprint density at radius 2 is 1.88 bits per heavy atom. The van der Waals surface area contributed by atoms with Gasteiger partial charge in [0, 0.05) is 25.4 Å². The largest absolute Gasteiger partial charge is 0.490 e. The van der Waals surface area contributed by atoms with Crippen LogP contribution in [0.25, 0.3) is 0 Å². The summed E-state index contributed by atoms with van der Waals surface area (Å²) in [7, 11) is 0. The van der Waals surface area contributed by atoms with Crippen molar-refractivity contribution in [1.29, 1.82) is 0 Å². The second kappa shape index (κ2) is 7.63. The lowest BCUT2D eigenvalue weighted by Crippen LogP contribution is -2.46. The molecule has 2 heterocycles. The number of urea groups is 1. The van der Waals surface area contributed by atoms with Crippen molar-refractivity contribution in [2.75, 3.05) is 26.3 Å². The summed E-state index contributed by atoms with van der Waals surface area (Å²) < 4.78 is 11.3. The quantitative estimate of drug-likeness (QED) is 0.872. The third-order valence-corrected chi connectivity index (χ3v) is 4.80. The van der Waals surface area contributed by atoms with Crippen molar-refractivity contribution < 1.29 is 19.1 Å². The van der Waals surface area contributed by atoms with Gasteiger partial charge in [-0.3, -0.25) is 4.79 Å². The molecule has 0 aliphatic carbocycles. The average Bonchev–Trinajstić information content (AvgIpc) is 2.86. The van der Waals surface area contributed by atoms with Gasteiger partial charge in [-0.15, -0.1) is 0 Å². The van der Waals surface area contributed by atoms with Gasteiger partial charge in [0.15, 0.2) is 11.5 Å². The van der Waals surface area contributed by atoms with Gasteiger partial charge >= 0.3 is 6.03 Å². The number of carbonyl (C=O) groups excluding carboxylic acids is 2. The standard InChI is InChI=1S/C18H25N3O4/c1-12(14-3-4-15-16(11-14)25-10-2-9-24-15)20-18(23)21-7-5-13(6-8-21)17(19)22/h3-4,11-13H,2,5-10H2,1H3,(H2,19,22)(H,20,23)/t12-/m0/s1. The molecule has 0 unspecified atom stereocenters. The van der Waals surface area contributed by atoms with Crippen LogP contribution in [0.5, 0.6) is 11.5 Å². The van der Waals surface area contributed by atoms with E-state index in [0.717, 1.165) is 23.5 Å². The third-order valence-electron chi connectivity index (χ3n) is 4.80. The van der Waals surface area contributed by atoms with E-state index < -0.39 is 0 Å². The summed E-state index contributed by atoms with van der Waals surface area (Å²) in [5, 5.41) is 3.01. The molecule has 0 radical (unpaired) electrons. The van der Waals surface area contributed by atoms with Gasteiger partial charge in [0.25, 0.3) is 0 Å². The maximum Gasteiger partial charge on any atom is 0.317 e. The number of benzene rings is 1. The maximum absolute atomic E-state index is 12.4. The van der Waals surface area contributed by atoms with E-state index in [1.807, 2.05) is 25.1 Å². The molecule has 1 atom stereocenters. The molecule has 0 bridgehead atoms. The predicted molar refractivity (Wildman–Crippen MR) is 92.5 cm³/mol. The zero-order valence-electron chi connectivity index (χ0n) is 14.5. The highest BCUT2D eigenvalue weighted by atomic mass is 16.5. The highest BCUT2D eigenvalue weighted by Crippen LogP contribution is 2.32. The van der Waals surface area contributed by atoms with Crippen molar-refractivity contribution in [3.8, 4) is 11.5 Å². The Morgan fingerprint density at radius 3 is 2.56 bits per heavy atom. The number of fused-ring (bicyclic) bond motifs is 1. The molecule has 25 heavy (non-hydrogen) atoms. The molecular weight excluding hydrogens is 322 g/mol. The molecule has 7 heteroatoms. The Kier molecular flexibility index (Phi) is 5.31. The van der Waals surface area contributed by atoms with E-state index in [0.29, 0.717) is 39.1 Å². The van der Waals surface area contributed by atoms with E-state index in [4.69, 9.17) is 15.2 Å². The fourth-order valence-electron chi connectivity index (χ4n) is 3.18. The van der Waals surface area contributed by atoms with Crippen LogP contribution in [0.4, 0.5) is 4.79 Å². The summed E-state index contributed by atoms with van der Waals surface area (Å²) in [4.78, 5) is 25.4. The lowest BCUT2D eigenvalue weighted by molar-refractivity contribution is -0.123. The minimum atomic E-state index is -0.277. The molecule has 2 aliphatic rings. The molecule has 1 aromatic rings. The van der Waals surface area contributed by atoms with Crippen LogP contribution in [-0.2, 0) is 4.79 Å². The fourth-order valence-corrected chi connectivity index (χ4v) is 3.18. The van der Waals surface area contributed by atoms with Gasteiger partial charge in [-0.2, -0.15) is 0 Å². The Labute approximate surface area is 147 Å². The molecule has 3 amide bonds. The Hall–Kier alpha value is -2.44. The van der Waals surface area contributed by atoms with Crippen molar-refractivity contribution >= 4 is 11.9 Å². The number of piperidine rings is 1. The first-order valence-electron chi connectivity index (χ1n) is 8.79. The monoisotopic (exact) mass is 347 g/mol. The fraction of sp³-hybridized carbons (Fsp3) is 0.556. The number of nitrogens with one attached hydrogen (secondary N) is 1. The summed E-state index contributed by atoms with van der Waals surface area (Å²) in [5.41, 5.74) is 6.29. The lowest BCUT2D eigenvalue weighted by atomic mass is 9.96. The lowest BCUT2D eigenvalue weighted by Gasteiger charge is -2.31. The number of likely N-dealkylation sites (tertiary alicyclic amines) is 1. The van der Waals surface area contributed by atoms with Gasteiger partial charge in [-0.25, -0.2) is 4.79 Å². The topological polar surface area (TPSA) is 93.9 Å². The molecular formula is C18H25N3O4. The van der Waals surface area contributed by atoms with Gasteiger partial charge in [-0.1, -0.05) is 6.07 Å². The molecule has 3 N–H and O–H groups in total. The zero-order chi connectivity index (χ0) is 17.8. The number of hydrogen-bond donors (Lipinski definition) is 2. The number of ether oxygens (including phenoxy) is 2. The second-order valence-electron chi connectivity index (χ2n) is 6.59. The number of amides is 3. The molecule has 2 aliphatic heterocycles. The van der Waals surface area contributed by atoms with Gasteiger partial charge in [-0.05, 0) is 37.5 Å². The average molecular weight is 347 g/mol. The first kappa shape index (κ1) is 17.4. The van der Waals surface area contributed by atoms with Crippen LogP contribution in [0, 0.1) is 5.92 Å². The van der Waals surface area contributed by atoms with Crippen LogP contribution in [0.3, 0.4) is 0 Å². The van der Waals surface area contributed by atoms with Gasteiger partial charge < -0.3 is 25.4 Å². The van der Waals surface area contributed by atoms with E-state index in [1.165, 1.54) is 0 Å². The van der Waals surface area contributed by atoms with Crippen LogP contribution in [-0.4, -0.2) is 43.1 Å². The number of rotatable bonds is 3. The number of nitrogens with zero attached hydrogens (tertiary/aromatic N) is 1. The molecule has 1 aromatic carbocycles. The predicted octanol–water partition coefficient (Wildman–Crippen LogP) is 1.82. The van der Waals surface area contributed by atoms with Crippen LogP contribution in [0.1, 0.15) is 37.8 Å². The number of primary amides is 1. The van der Waals surface area contributed by atoms with E-state index in [2.05, 4.69) is 5.32 Å². The molecule has 1 fully saturated rings. The Bertz CT molecular complexity index is 641. The molecule has 0 aromatic heterocycles. The van der Waals surface area contributed by atoms with Gasteiger partial charge in [0.05, 0.1) is 19.3 Å². The third kappa shape index (κ3) is 4.15. The molecule has 136 valence electrons. The number of hydrogen-bond acceptors (Lipinski definition) is 4. The van der Waals surface area contributed by atoms with Crippen molar-refractivity contribution in [2.24, 2.45) is 11.7 Å². The van der Waals surface area contributed by atoms with Gasteiger partial charge in [0.2, 0.25) is 5.91 Å². The minimum Gasteiger partial charge on any atom is -0.490 e. The first-order chi connectivity index (χ1) is 12.0. The van der Waals surface area contributed by atoms with E-state index >= 15 is 0 Å². The number of nitrogens with two attached hydrogens (primary N) is 1. The summed E-state index contributed by atoms with van der Waals surface area (Å²) >= 11 is 0. The maximum atomic E-state index is 12.4. The van der Waals surface area contributed by atoms with E-state index in [-0.39, 0.29) is 23.9 Å². The van der Waals surface area contributed by atoms with Crippen molar-refractivity contribution in [3.05, 3.63) is 23.8 Å². The molecule has 0 spiro atoms. The highest BCUT2D eigenvalue weighted by molar-refractivity contribution is 5.78. The normalized spacial score (nSPS) is 19.0. The van der Waals surface area contributed by atoms with Crippen LogP contribution < -0.4 is 20.5 Å². The zero-order valence-corrected chi connectivity index (χ0v) is 14.5. The van der Waals surface area contributed by atoms with Crippen molar-refractivity contribution in [3.63, 3.8) is 0 Å². The van der Waals surface area contributed by atoms with Crippen LogP contribution in [0.15, 0.2) is 18.2 Å².